The summed E-state index contributed by atoms with van der Waals surface area (Å²) in [5.41, 5.74) is -5.05. The van der Waals surface area contributed by atoms with Crippen LogP contribution in [0.1, 0.15) is 38.9 Å². The molecule has 2 N–H and O–H groups in total. The van der Waals surface area contributed by atoms with E-state index in [0.29, 0.717) is 6.07 Å². The predicted molar refractivity (Wildman–Crippen MR) is 82.6 cm³/mol. The van der Waals surface area contributed by atoms with Crippen LogP contribution in [0.3, 0.4) is 0 Å². The number of aromatic nitrogens is 1. The molecule has 2 heterocycles. The maximum atomic E-state index is 12.9. The summed E-state index contributed by atoms with van der Waals surface area (Å²) in [7, 11) is 0. The summed E-state index contributed by atoms with van der Waals surface area (Å²) in [6.45, 7) is 0. The number of hydrogen-bond acceptors (Lipinski definition) is 5. The van der Waals surface area contributed by atoms with Crippen LogP contribution in [0, 0.1) is 17.2 Å². The van der Waals surface area contributed by atoms with Crippen LogP contribution in [0.2, 0.25) is 0 Å². The molecule has 2 aromatic heterocycles. The van der Waals surface area contributed by atoms with Gasteiger partial charge in [0, 0.05) is 4.88 Å². The lowest BCUT2D eigenvalue weighted by atomic mass is 9.91. The summed E-state index contributed by atoms with van der Waals surface area (Å²) >= 11 is 0.00947. The molecule has 0 aliphatic carbocycles. The third-order valence-corrected chi connectivity index (χ3v) is 5.00. The Kier molecular flexibility index (Phi) is 6.41. The van der Waals surface area contributed by atoms with Crippen molar-refractivity contribution in [2.75, 3.05) is 0 Å². The molecule has 3 atom stereocenters. The Balaban J connectivity index is 2.47. The van der Waals surface area contributed by atoms with E-state index >= 15 is 0 Å². The van der Waals surface area contributed by atoms with Crippen LogP contribution in [0.4, 0.5) is 39.5 Å². The average Bonchev–Trinajstić information content (AvgIpc) is 3.10. The maximum absolute atomic E-state index is 12.9. The second kappa shape index (κ2) is 8.05. The first kappa shape index (κ1) is 23.9. The van der Waals surface area contributed by atoms with Crippen LogP contribution >= 0.6 is 11.3 Å². The van der Waals surface area contributed by atoms with Gasteiger partial charge in [-0.2, -0.15) is 44.8 Å². The second-order valence-electron chi connectivity index (χ2n) is 5.91. The highest BCUT2D eigenvalue weighted by molar-refractivity contribution is 7.12. The van der Waals surface area contributed by atoms with Gasteiger partial charge in [0.1, 0.15) is 28.3 Å². The molecule has 2 aromatic rings. The SMILES string of the molecule is N#CC(C(O)c1cc(C(F)(F)F)nc(C(F)(F)F)c1)C(O)c1ccc(C(F)(F)F)s1. The van der Waals surface area contributed by atoms with E-state index in [4.69, 9.17) is 5.26 Å². The van der Waals surface area contributed by atoms with Crippen molar-refractivity contribution in [1.82, 2.24) is 4.98 Å². The number of pyridine rings is 1. The zero-order chi connectivity index (χ0) is 23.1. The minimum Gasteiger partial charge on any atom is -0.387 e. The van der Waals surface area contributed by atoms with Crippen molar-refractivity contribution in [2.24, 2.45) is 5.92 Å². The first-order chi connectivity index (χ1) is 13.6. The predicted octanol–water partition coefficient (Wildman–Crippen LogP) is 5.11. The Morgan fingerprint density at radius 1 is 0.833 bits per heavy atom. The summed E-state index contributed by atoms with van der Waals surface area (Å²) in [5, 5.41) is 29.5. The molecular formula is C16H9F9N2O2S. The third kappa shape index (κ3) is 5.21. The fourth-order valence-electron chi connectivity index (χ4n) is 2.38. The van der Waals surface area contributed by atoms with Gasteiger partial charge in [-0.05, 0) is 29.8 Å². The molecule has 0 aliphatic heterocycles. The van der Waals surface area contributed by atoms with Crippen molar-refractivity contribution in [3.8, 4) is 6.07 Å². The molecule has 0 saturated carbocycles. The molecule has 0 radical (unpaired) electrons. The van der Waals surface area contributed by atoms with Gasteiger partial charge < -0.3 is 10.2 Å². The molecule has 0 amide bonds. The molecule has 164 valence electrons. The van der Waals surface area contributed by atoms with Crippen LogP contribution in [-0.2, 0) is 18.5 Å². The fourth-order valence-corrected chi connectivity index (χ4v) is 3.28. The zero-order valence-corrected chi connectivity index (χ0v) is 15.0. The van der Waals surface area contributed by atoms with Crippen molar-refractivity contribution in [1.29, 1.82) is 5.26 Å². The lowest BCUT2D eigenvalue weighted by Gasteiger charge is -2.23. The number of nitriles is 1. The number of aliphatic hydroxyl groups is 2. The molecule has 2 rings (SSSR count). The van der Waals surface area contributed by atoms with Crippen molar-refractivity contribution in [2.45, 2.75) is 30.7 Å². The number of rotatable bonds is 4. The van der Waals surface area contributed by atoms with E-state index < -0.39 is 63.4 Å². The van der Waals surface area contributed by atoms with E-state index in [-0.39, 0.29) is 23.5 Å². The Labute approximate surface area is 165 Å². The van der Waals surface area contributed by atoms with Gasteiger partial charge >= 0.3 is 18.5 Å². The fraction of sp³-hybridized carbons (Fsp3) is 0.375. The first-order valence-corrected chi connectivity index (χ1v) is 8.46. The Hall–Kier alpha value is -2.37. The van der Waals surface area contributed by atoms with Crippen LogP contribution in [-0.4, -0.2) is 15.2 Å². The summed E-state index contributed by atoms with van der Waals surface area (Å²) in [6.07, 6.45) is -20.0. The Bertz CT molecular complexity index is 912. The highest BCUT2D eigenvalue weighted by Crippen LogP contribution is 2.42. The number of nitrogens with zero attached hydrogens (tertiary/aromatic N) is 2. The quantitative estimate of drug-likeness (QED) is 0.617. The third-order valence-electron chi connectivity index (χ3n) is 3.80. The van der Waals surface area contributed by atoms with Gasteiger partial charge in [-0.25, -0.2) is 4.98 Å². The lowest BCUT2D eigenvalue weighted by Crippen LogP contribution is -2.21. The summed E-state index contributed by atoms with van der Waals surface area (Å²) in [6, 6.07) is 2.78. The van der Waals surface area contributed by atoms with Crippen LogP contribution < -0.4 is 0 Å². The molecule has 0 aromatic carbocycles. The van der Waals surface area contributed by atoms with Crippen LogP contribution in [0.5, 0.6) is 0 Å². The molecule has 14 heteroatoms. The normalized spacial score (nSPS) is 16.1. The van der Waals surface area contributed by atoms with Gasteiger partial charge in [-0.1, -0.05) is 0 Å². The molecule has 4 nitrogen and oxygen atoms in total. The summed E-state index contributed by atoms with van der Waals surface area (Å²) < 4.78 is 115. The van der Waals surface area contributed by atoms with E-state index in [9.17, 15) is 49.7 Å². The van der Waals surface area contributed by atoms with Gasteiger partial charge in [0.25, 0.3) is 0 Å². The van der Waals surface area contributed by atoms with E-state index in [2.05, 4.69) is 4.98 Å². The number of aliphatic hydroxyl groups excluding tert-OH is 2. The highest BCUT2D eigenvalue weighted by atomic mass is 32.1. The molecule has 0 spiro atoms. The van der Waals surface area contributed by atoms with Crippen molar-refractivity contribution < 1.29 is 49.7 Å². The van der Waals surface area contributed by atoms with Crippen molar-refractivity contribution in [3.05, 3.63) is 51.0 Å². The van der Waals surface area contributed by atoms with Crippen LogP contribution in [0.25, 0.3) is 0 Å². The van der Waals surface area contributed by atoms with Crippen molar-refractivity contribution >= 4 is 11.3 Å². The van der Waals surface area contributed by atoms with E-state index in [1.807, 2.05) is 0 Å². The van der Waals surface area contributed by atoms with Gasteiger partial charge in [0.2, 0.25) is 0 Å². The Morgan fingerprint density at radius 2 is 1.33 bits per heavy atom. The molecule has 0 fully saturated rings. The highest BCUT2D eigenvalue weighted by Gasteiger charge is 2.41. The monoisotopic (exact) mass is 464 g/mol. The van der Waals surface area contributed by atoms with Crippen LogP contribution in [0.15, 0.2) is 24.3 Å². The zero-order valence-electron chi connectivity index (χ0n) is 14.1. The topological polar surface area (TPSA) is 77.1 Å². The maximum Gasteiger partial charge on any atom is 0.433 e. The van der Waals surface area contributed by atoms with E-state index in [1.54, 1.807) is 0 Å². The minimum atomic E-state index is -5.33. The van der Waals surface area contributed by atoms with Gasteiger partial charge in [0.15, 0.2) is 0 Å². The van der Waals surface area contributed by atoms with Gasteiger partial charge in [0.05, 0.1) is 12.2 Å². The molecule has 0 bridgehead atoms. The van der Waals surface area contributed by atoms with E-state index in [0.717, 1.165) is 6.07 Å². The smallest absolute Gasteiger partial charge is 0.387 e. The van der Waals surface area contributed by atoms with E-state index in [1.165, 1.54) is 6.07 Å². The molecule has 0 saturated heterocycles. The summed E-state index contributed by atoms with van der Waals surface area (Å²) in [4.78, 5) is 0.822. The number of halogens is 9. The Morgan fingerprint density at radius 3 is 1.70 bits per heavy atom. The molecule has 30 heavy (non-hydrogen) atoms. The standard InChI is InChI=1S/C16H9F9N2O2S/c17-14(18,19)9-3-6(4-10(27-9)15(20,21)22)12(28)7(5-26)13(29)8-1-2-11(30-8)16(23,24)25/h1-4,7,12-13,28-29H. The lowest BCUT2D eigenvalue weighted by molar-refractivity contribution is -0.150. The number of hydrogen-bond donors (Lipinski definition) is 2. The number of thiophene rings is 1. The molecular weight excluding hydrogens is 455 g/mol. The molecule has 3 unspecified atom stereocenters. The number of alkyl halides is 9. The van der Waals surface area contributed by atoms with Gasteiger partial charge in [-0.3, -0.25) is 0 Å². The first-order valence-electron chi connectivity index (χ1n) is 7.64. The largest absolute Gasteiger partial charge is 0.433 e. The summed E-state index contributed by atoms with van der Waals surface area (Å²) in [5.74, 6) is -2.07. The molecule has 0 aliphatic rings. The van der Waals surface area contributed by atoms with Crippen molar-refractivity contribution in [3.63, 3.8) is 0 Å². The van der Waals surface area contributed by atoms with Gasteiger partial charge in [-0.15, -0.1) is 11.3 Å². The minimum absolute atomic E-state index is 0.00947. The second-order valence-corrected chi connectivity index (χ2v) is 7.03. The average molecular weight is 464 g/mol.